The molecule has 0 radical (unpaired) electrons. The first-order valence-electron chi connectivity index (χ1n) is 8.55. The average molecular weight is 447 g/mol. The van der Waals surface area contributed by atoms with Crippen LogP contribution < -0.4 is 10.1 Å². The first kappa shape index (κ1) is 19.6. The second-order valence-electron chi connectivity index (χ2n) is 6.22. The van der Waals surface area contributed by atoms with Gasteiger partial charge in [0, 0.05) is 16.3 Å². The molecule has 0 spiro atoms. The van der Waals surface area contributed by atoms with Crippen LogP contribution in [0.5, 0.6) is 5.75 Å². The van der Waals surface area contributed by atoms with Gasteiger partial charge in [0.1, 0.15) is 11.6 Å². The van der Waals surface area contributed by atoms with Gasteiger partial charge in [0.15, 0.2) is 0 Å². The molecule has 146 valence electrons. The lowest BCUT2D eigenvalue weighted by Gasteiger charge is -2.12. The number of carbonyl (C=O) groups is 1. The van der Waals surface area contributed by atoms with Crippen LogP contribution in [0.25, 0.3) is 22.4 Å². The zero-order chi connectivity index (χ0) is 20.5. The zero-order valence-corrected chi connectivity index (χ0v) is 17.4. The summed E-state index contributed by atoms with van der Waals surface area (Å²) in [5.41, 5.74) is 3.15. The van der Waals surface area contributed by atoms with Crippen molar-refractivity contribution in [3.8, 4) is 17.1 Å². The standard InChI is InChI=1S/C21H14Cl3N3O2/c1-29-19-14(8-11(22)9-16(19)24)21(28)25-12-6-7-15(23)13(10-12)20-26-17-4-2-3-5-18(17)27-20/h2-10H,1H3,(H,25,28)(H,26,27). The molecule has 0 fully saturated rings. The van der Waals surface area contributed by atoms with Crippen LogP contribution in [-0.4, -0.2) is 23.0 Å². The number of hydrogen-bond acceptors (Lipinski definition) is 3. The summed E-state index contributed by atoms with van der Waals surface area (Å²) in [5, 5.41) is 3.91. The van der Waals surface area contributed by atoms with Gasteiger partial charge in [-0.15, -0.1) is 0 Å². The second kappa shape index (κ2) is 7.95. The highest BCUT2D eigenvalue weighted by molar-refractivity contribution is 6.36. The fourth-order valence-electron chi connectivity index (χ4n) is 3.00. The number of hydrogen-bond donors (Lipinski definition) is 2. The van der Waals surface area contributed by atoms with E-state index in [1.165, 1.54) is 19.2 Å². The summed E-state index contributed by atoms with van der Waals surface area (Å²) in [6.45, 7) is 0. The molecular formula is C21H14Cl3N3O2. The molecule has 0 aliphatic carbocycles. The van der Waals surface area contributed by atoms with Crippen LogP contribution in [0.15, 0.2) is 54.6 Å². The number of methoxy groups -OCH3 is 1. The lowest BCUT2D eigenvalue weighted by Crippen LogP contribution is -2.13. The highest BCUT2D eigenvalue weighted by Gasteiger charge is 2.18. The van der Waals surface area contributed by atoms with E-state index >= 15 is 0 Å². The maximum absolute atomic E-state index is 12.8. The first-order valence-corrected chi connectivity index (χ1v) is 9.68. The third-order valence-corrected chi connectivity index (χ3v) is 5.15. The number of ether oxygens (including phenoxy) is 1. The van der Waals surface area contributed by atoms with E-state index in [0.717, 1.165) is 11.0 Å². The number of H-pyrrole nitrogens is 1. The molecule has 0 atom stereocenters. The Labute approximate surface area is 181 Å². The fourth-order valence-corrected chi connectivity index (χ4v) is 3.78. The maximum atomic E-state index is 12.8. The monoisotopic (exact) mass is 445 g/mol. The van der Waals surface area contributed by atoms with E-state index in [0.29, 0.717) is 27.1 Å². The molecule has 4 rings (SSSR count). The Morgan fingerprint density at radius 1 is 1.03 bits per heavy atom. The molecule has 4 aromatic rings. The number of nitrogens with one attached hydrogen (secondary N) is 2. The minimum atomic E-state index is -0.413. The number of anilines is 1. The zero-order valence-electron chi connectivity index (χ0n) is 15.1. The SMILES string of the molecule is COc1c(Cl)cc(Cl)cc1C(=O)Nc1ccc(Cl)c(-c2nc3ccccc3[nH]2)c1. The lowest BCUT2D eigenvalue weighted by atomic mass is 10.1. The highest BCUT2D eigenvalue weighted by Crippen LogP contribution is 2.34. The number of benzene rings is 3. The van der Waals surface area contributed by atoms with Crippen LogP contribution in [0.4, 0.5) is 5.69 Å². The predicted molar refractivity (Wildman–Crippen MR) is 118 cm³/mol. The van der Waals surface area contributed by atoms with E-state index in [1.54, 1.807) is 18.2 Å². The number of rotatable bonds is 4. The van der Waals surface area contributed by atoms with E-state index in [4.69, 9.17) is 39.5 Å². The Balaban J connectivity index is 1.69. The van der Waals surface area contributed by atoms with Crippen molar-refractivity contribution in [2.24, 2.45) is 0 Å². The van der Waals surface area contributed by atoms with Gasteiger partial charge in [-0.25, -0.2) is 4.98 Å². The van der Waals surface area contributed by atoms with E-state index in [-0.39, 0.29) is 16.3 Å². The molecular weight excluding hydrogens is 433 g/mol. The van der Waals surface area contributed by atoms with Crippen LogP contribution in [0.3, 0.4) is 0 Å². The van der Waals surface area contributed by atoms with Crippen molar-refractivity contribution in [3.05, 3.63) is 75.2 Å². The number of nitrogens with zero attached hydrogens (tertiary/aromatic N) is 1. The molecule has 5 nitrogen and oxygen atoms in total. The number of aromatic nitrogens is 2. The van der Waals surface area contributed by atoms with Crippen LogP contribution in [0.1, 0.15) is 10.4 Å². The summed E-state index contributed by atoms with van der Waals surface area (Å²) in [6, 6.07) is 15.8. The van der Waals surface area contributed by atoms with Gasteiger partial charge in [0.2, 0.25) is 0 Å². The van der Waals surface area contributed by atoms with Crippen molar-refractivity contribution in [1.82, 2.24) is 9.97 Å². The number of amides is 1. The summed E-state index contributed by atoms with van der Waals surface area (Å²) >= 11 is 18.5. The number of imidazole rings is 1. The van der Waals surface area contributed by atoms with E-state index in [2.05, 4.69) is 15.3 Å². The van der Waals surface area contributed by atoms with Crippen LogP contribution in [0, 0.1) is 0 Å². The third kappa shape index (κ3) is 3.90. The van der Waals surface area contributed by atoms with Crippen LogP contribution >= 0.6 is 34.8 Å². The lowest BCUT2D eigenvalue weighted by molar-refractivity contribution is 0.102. The third-order valence-electron chi connectivity index (χ3n) is 4.33. The average Bonchev–Trinajstić information content (AvgIpc) is 3.12. The van der Waals surface area contributed by atoms with Gasteiger partial charge in [-0.1, -0.05) is 46.9 Å². The number of aromatic amines is 1. The molecule has 0 saturated carbocycles. The number of para-hydroxylation sites is 2. The summed E-state index contributed by atoms with van der Waals surface area (Å²) in [7, 11) is 1.44. The topological polar surface area (TPSA) is 67.0 Å². The summed E-state index contributed by atoms with van der Waals surface area (Å²) < 4.78 is 5.25. The smallest absolute Gasteiger partial charge is 0.259 e. The Kier molecular flexibility index (Phi) is 5.37. The van der Waals surface area contributed by atoms with Gasteiger partial charge in [-0.3, -0.25) is 4.79 Å². The van der Waals surface area contributed by atoms with E-state index < -0.39 is 5.91 Å². The van der Waals surface area contributed by atoms with Crippen molar-refractivity contribution >= 4 is 57.4 Å². The normalized spacial score (nSPS) is 10.9. The summed E-state index contributed by atoms with van der Waals surface area (Å²) in [6.07, 6.45) is 0. The van der Waals surface area contributed by atoms with Crippen molar-refractivity contribution in [1.29, 1.82) is 0 Å². The minimum absolute atomic E-state index is 0.227. The van der Waals surface area contributed by atoms with Gasteiger partial charge in [0.05, 0.1) is 33.8 Å². The van der Waals surface area contributed by atoms with Gasteiger partial charge in [0.25, 0.3) is 5.91 Å². The molecule has 0 bridgehead atoms. The van der Waals surface area contributed by atoms with Crippen LogP contribution in [0.2, 0.25) is 15.1 Å². The van der Waals surface area contributed by atoms with Gasteiger partial charge < -0.3 is 15.0 Å². The van der Waals surface area contributed by atoms with Crippen molar-refractivity contribution in [2.45, 2.75) is 0 Å². The molecule has 0 aliphatic rings. The van der Waals surface area contributed by atoms with Gasteiger partial charge >= 0.3 is 0 Å². The molecule has 3 aromatic carbocycles. The Morgan fingerprint density at radius 2 is 1.83 bits per heavy atom. The largest absolute Gasteiger partial charge is 0.494 e. The van der Waals surface area contributed by atoms with Crippen molar-refractivity contribution in [3.63, 3.8) is 0 Å². The molecule has 2 N–H and O–H groups in total. The molecule has 0 saturated heterocycles. The number of carbonyl (C=O) groups excluding carboxylic acids is 1. The quantitative estimate of drug-likeness (QED) is 0.378. The Bertz CT molecular complexity index is 1200. The number of fused-ring (bicyclic) bond motifs is 1. The molecule has 1 amide bonds. The van der Waals surface area contributed by atoms with E-state index in [1.807, 2.05) is 24.3 Å². The maximum Gasteiger partial charge on any atom is 0.259 e. The first-order chi connectivity index (χ1) is 14.0. The Morgan fingerprint density at radius 3 is 2.59 bits per heavy atom. The van der Waals surface area contributed by atoms with Gasteiger partial charge in [-0.2, -0.15) is 0 Å². The predicted octanol–water partition coefficient (Wildman–Crippen LogP) is 6.45. The summed E-state index contributed by atoms with van der Waals surface area (Å²) in [5.74, 6) is 0.444. The minimum Gasteiger partial charge on any atom is -0.494 e. The van der Waals surface area contributed by atoms with Crippen molar-refractivity contribution in [2.75, 3.05) is 12.4 Å². The Hall–Kier alpha value is -2.73. The summed E-state index contributed by atoms with van der Waals surface area (Å²) in [4.78, 5) is 20.6. The molecule has 1 heterocycles. The highest BCUT2D eigenvalue weighted by atomic mass is 35.5. The molecule has 29 heavy (non-hydrogen) atoms. The molecule has 1 aromatic heterocycles. The fraction of sp³-hybridized carbons (Fsp3) is 0.0476. The van der Waals surface area contributed by atoms with Crippen molar-refractivity contribution < 1.29 is 9.53 Å². The number of halogens is 3. The molecule has 0 aliphatic heterocycles. The molecule has 0 unspecified atom stereocenters. The molecule has 8 heteroatoms. The van der Waals surface area contributed by atoms with E-state index in [9.17, 15) is 4.79 Å². The van der Waals surface area contributed by atoms with Gasteiger partial charge in [-0.05, 0) is 42.5 Å². The second-order valence-corrected chi connectivity index (χ2v) is 7.47. The van der Waals surface area contributed by atoms with Crippen LogP contribution in [-0.2, 0) is 0 Å².